The van der Waals surface area contributed by atoms with Crippen LogP contribution in [0.15, 0.2) is 40.2 Å². The zero-order valence-electron chi connectivity index (χ0n) is 11.2. The number of hydrogen-bond donors (Lipinski definition) is 1. The van der Waals surface area contributed by atoms with Crippen LogP contribution in [0.3, 0.4) is 0 Å². The van der Waals surface area contributed by atoms with Crippen molar-refractivity contribution in [3.05, 3.63) is 56.4 Å². The second-order valence-electron chi connectivity index (χ2n) is 4.84. The quantitative estimate of drug-likeness (QED) is 0.840. The van der Waals surface area contributed by atoms with Crippen LogP contribution in [0.4, 0.5) is 4.39 Å². The lowest BCUT2D eigenvalue weighted by Gasteiger charge is -2.21. The van der Waals surface area contributed by atoms with Gasteiger partial charge in [0.2, 0.25) is 0 Å². The second-order valence-corrected chi connectivity index (χ2v) is 6.67. The third-order valence-electron chi connectivity index (χ3n) is 2.98. The Balaban J connectivity index is 2.18. The zero-order valence-corrected chi connectivity index (χ0v) is 13.6. The van der Waals surface area contributed by atoms with Crippen LogP contribution in [-0.2, 0) is 0 Å². The van der Waals surface area contributed by atoms with E-state index in [9.17, 15) is 9.18 Å². The predicted octanol–water partition coefficient (Wildman–Crippen LogP) is 4.78. The molecule has 2 nitrogen and oxygen atoms in total. The highest BCUT2D eigenvalue weighted by Gasteiger charge is 2.20. The van der Waals surface area contributed by atoms with Gasteiger partial charge < -0.3 is 5.32 Å². The van der Waals surface area contributed by atoms with Crippen molar-refractivity contribution in [2.75, 3.05) is 0 Å². The van der Waals surface area contributed by atoms with Crippen molar-refractivity contribution < 1.29 is 9.18 Å². The third-order valence-corrected chi connectivity index (χ3v) is 4.55. The van der Waals surface area contributed by atoms with E-state index in [-0.39, 0.29) is 23.7 Å². The summed E-state index contributed by atoms with van der Waals surface area (Å²) in [6.07, 6.45) is 0. The Hall–Kier alpha value is -1.20. The van der Waals surface area contributed by atoms with Gasteiger partial charge in [-0.05, 0) is 51.5 Å². The molecule has 2 aromatic rings. The van der Waals surface area contributed by atoms with Crippen LogP contribution in [0.2, 0.25) is 0 Å². The van der Waals surface area contributed by atoms with Gasteiger partial charge in [-0.1, -0.05) is 19.9 Å². The number of thiophene rings is 1. The van der Waals surface area contributed by atoms with Crippen LogP contribution in [0.5, 0.6) is 0 Å². The minimum absolute atomic E-state index is 0.0358. The van der Waals surface area contributed by atoms with E-state index in [1.807, 2.05) is 17.5 Å². The van der Waals surface area contributed by atoms with Crippen LogP contribution >= 0.6 is 27.3 Å². The predicted molar refractivity (Wildman–Crippen MR) is 83.5 cm³/mol. The first-order valence-corrected chi connectivity index (χ1v) is 7.95. The molecule has 0 saturated carbocycles. The number of hydrogen-bond acceptors (Lipinski definition) is 2. The summed E-state index contributed by atoms with van der Waals surface area (Å²) in [4.78, 5) is 13.4. The number of nitrogens with one attached hydrogen (secondary N) is 1. The molecule has 0 bridgehead atoms. The number of rotatable bonds is 4. The van der Waals surface area contributed by atoms with E-state index in [0.29, 0.717) is 10.0 Å². The van der Waals surface area contributed by atoms with Crippen molar-refractivity contribution in [1.29, 1.82) is 0 Å². The van der Waals surface area contributed by atoms with E-state index in [2.05, 4.69) is 35.1 Å². The monoisotopic (exact) mass is 355 g/mol. The third kappa shape index (κ3) is 3.46. The topological polar surface area (TPSA) is 29.1 Å². The summed E-state index contributed by atoms with van der Waals surface area (Å²) in [5.41, 5.74) is 0.445. The molecule has 1 aromatic heterocycles. The first-order chi connectivity index (χ1) is 9.49. The summed E-state index contributed by atoms with van der Waals surface area (Å²) < 4.78 is 13.5. The van der Waals surface area contributed by atoms with Crippen molar-refractivity contribution in [1.82, 2.24) is 5.32 Å². The molecule has 0 spiro atoms. The summed E-state index contributed by atoms with van der Waals surface area (Å²) in [7, 11) is 0. The Morgan fingerprint density at radius 1 is 1.35 bits per heavy atom. The van der Waals surface area contributed by atoms with E-state index >= 15 is 0 Å². The van der Waals surface area contributed by atoms with Crippen LogP contribution in [-0.4, -0.2) is 5.91 Å². The zero-order chi connectivity index (χ0) is 14.7. The Labute approximate surface area is 130 Å². The molecular weight excluding hydrogens is 341 g/mol. The van der Waals surface area contributed by atoms with Gasteiger partial charge in [0, 0.05) is 10.4 Å². The molecule has 5 heteroatoms. The van der Waals surface area contributed by atoms with Crippen molar-refractivity contribution in [3.63, 3.8) is 0 Å². The molecule has 0 saturated heterocycles. The molecule has 1 amide bonds. The lowest BCUT2D eigenvalue weighted by atomic mass is 10.0. The molecule has 0 aliphatic rings. The smallest absolute Gasteiger partial charge is 0.251 e. The van der Waals surface area contributed by atoms with E-state index in [1.165, 1.54) is 18.2 Å². The van der Waals surface area contributed by atoms with Crippen molar-refractivity contribution in [3.8, 4) is 0 Å². The summed E-state index contributed by atoms with van der Waals surface area (Å²) in [5.74, 6) is -0.292. The lowest BCUT2D eigenvalue weighted by molar-refractivity contribution is 0.0926. The second kappa shape index (κ2) is 6.50. The van der Waals surface area contributed by atoms with E-state index < -0.39 is 0 Å². The van der Waals surface area contributed by atoms with Gasteiger partial charge in [0.15, 0.2) is 0 Å². The van der Waals surface area contributed by atoms with Gasteiger partial charge in [0.05, 0.1) is 10.5 Å². The van der Waals surface area contributed by atoms with Crippen molar-refractivity contribution in [2.24, 2.45) is 5.92 Å². The molecule has 0 radical (unpaired) electrons. The maximum atomic E-state index is 13.2. The molecule has 2 rings (SSSR count). The first kappa shape index (κ1) is 15.2. The fourth-order valence-corrected chi connectivity index (χ4v) is 3.22. The van der Waals surface area contributed by atoms with Crippen molar-refractivity contribution >= 4 is 33.2 Å². The fourth-order valence-electron chi connectivity index (χ4n) is 1.90. The van der Waals surface area contributed by atoms with Gasteiger partial charge in [0.25, 0.3) is 5.91 Å². The Bertz CT molecular complexity index is 598. The van der Waals surface area contributed by atoms with Crippen LogP contribution < -0.4 is 5.32 Å². The highest BCUT2D eigenvalue weighted by molar-refractivity contribution is 9.10. The van der Waals surface area contributed by atoms with Gasteiger partial charge in [-0.25, -0.2) is 4.39 Å². The number of amides is 1. The maximum absolute atomic E-state index is 13.2. The maximum Gasteiger partial charge on any atom is 0.251 e. The summed E-state index contributed by atoms with van der Waals surface area (Å²) >= 11 is 4.71. The van der Waals surface area contributed by atoms with Crippen molar-refractivity contribution in [2.45, 2.75) is 19.9 Å². The van der Waals surface area contributed by atoms with Crippen LogP contribution in [0.25, 0.3) is 0 Å². The molecular formula is C15H15BrFNOS. The highest BCUT2D eigenvalue weighted by Crippen LogP contribution is 2.26. The minimum Gasteiger partial charge on any atom is -0.344 e. The SMILES string of the molecule is CC(C)C(NC(=O)c1ccc(F)c(Br)c1)c1cccs1. The average Bonchev–Trinajstić information content (AvgIpc) is 2.92. The van der Waals surface area contributed by atoms with Gasteiger partial charge in [-0.2, -0.15) is 0 Å². The first-order valence-electron chi connectivity index (χ1n) is 6.28. The number of carbonyl (C=O) groups excluding carboxylic acids is 1. The number of halogens is 2. The van der Waals surface area contributed by atoms with Gasteiger partial charge in [-0.3, -0.25) is 4.79 Å². The summed E-state index contributed by atoms with van der Waals surface area (Å²) in [5, 5.41) is 5.00. The number of benzene rings is 1. The summed E-state index contributed by atoms with van der Waals surface area (Å²) in [6, 6.07) is 8.21. The fraction of sp³-hybridized carbons (Fsp3) is 0.267. The molecule has 0 aliphatic carbocycles. The standard InChI is InChI=1S/C15H15BrFNOS/c1-9(2)14(13-4-3-7-20-13)18-15(19)10-5-6-12(17)11(16)8-10/h3-9,14H,1-2H3,(H,18,19). The molecule has 106 valence electrons. The molecule has 20 heavy (non-hydrogen) atoms. The van der Waals surface area contributed by atoms with Gasteiger partial charge in [-0.15, -0.1) is 11.3 Å². The average molecular weight is 356 g/mol. The molecule has 1 unspecified atom stereocenters. The number of carbonyl (C=O) groups is 1. The Kier molecular flexibility index (Phi) is 4.94. The normalized spacial score (nSPS) is 12.4. The lowest BCUT2D eigenvalue weighted by Crippen LogP contribution is -2.31. The molecule has 1 aromatic carbocycles. The molecule has 1 heterocycles. The Morgan fingerprint density at radius 3 is 2.65 bits per heavy atom. The van der Waals surface area contributed by atoms with Crippen LogP contribution in [0.1, 0.15) is 35.1 Å². The minimum atomic E-state index is -0.375. The highest BCUT2D eigenvalue weighted by atomic mass is 79.9. The molecule has 1 atom stereocenters. The largest absolute Gasteiger partial charge is 0.344 e. The van der Waals surface area contributed by atoms with E-state index in [1.54, 1.807) is 11.3 Å². The molecule has 0 aliphatic heterocycles. The van der Waals surface area contributed by atoms with Gasteiger partial charge >= 0.3 is 0 Å². The Morgan fingerprint density at radius 2 is 2.10 bits per heavy atom. The van der Waals surface area contributed by atoms with E-state index in [4.69, 9.17) is 0 Å². The molecule has 0 fully saturated rings. The van der Waals surface area contributed by atoms with Gasteiger partial charge in [0.1, 0.15) is 5.82 Å². The van der Waals surface area contributed by atoms with E-state index in [0.717, 1.165) is 4.88 Å². The summed E-state index contributed by atoms with van der Waals surface area (Å²) in [6.45, 7) is 4.12. The van der Waals surface area contributed by atoms with Crippen LogP contribution in [0, 0.1) is 11.7 Å². The molecule has 1 N–H and O–H groups in total.